The molecular weight excluding hydrogens is 390 g/mol. The number of rotatable bonds is 4. The first-order valence-corrected chi connectivity index (χ1v) is 9.68. The number of anilines is 1. The normalized spacial score (nSPS) is 15.6. The van der Waals surface area contributed by atoms with Crippen molar-refractivity contribution in [1.82, 2.24) is 9.47 Å². The van der Waals surface area contributed by atoms with Crippen LogP contribution >= 0.6 is 11.6 Å². The Morgan fingerprint density at radius 1 is 1.07 bits per heavy atom. The van der Waals surface area contributed by atoms with Gasteiger partial charge in [-0.3, -0.25) is 0 Å². The van der Waals surface area contributed by atoms with Crippen molar-refractivity contribution in [2.75, 3.05) is 26.1 Å². The van der Waals surface area contributed by atoms with Gasteiger partial charge in [-0.15, -0.1) is 0 Å². The van der Waals surface area contributed by atoms with Crippen LogP contribution in [-0.4, -0.2) is 36.3 Å². The molecule has 1 aliphatic heterocycles. The number of amides is 2. The molecule has 0 radical (unpaired) electrons. The Hall–Kier alpha value is -3.12. The van der Waals surface area contributed by atoms with Crippen LogP contribution in [0.25, 0.3) is 0 Å². The molecule has 0 aliphatic carbocycles. The second-order valence-corrected chi connectivity index (χ2v) is 7.20. The third-order valence-corrected chi connectivity index (χ3v) is 5.38. The van der Waals surface area contributed by atoms with Gasteiger partial charge in [-0.25, -0.2) is 4.79 Å². The summed E-state index contributed by atoms with van der Waals surface area (Å²) in [6.45, 7) is 1.30. The Bertz CT molecular complexity index is 1020. The highest BCUT2D eigenvalue weighted by Gasteiger charge is 2.34. The van der Waals surface area contributed by atoms with E-state index in [1.54, 1.807) is 38.5 Å². The molecule has 0 unspecified atom stereocenters. The summed E-state index contributed by atoms with van der Waals surface area (Å²) in [7, 11) is 3.24. The Kier molecular flexibility index (Phi) is 5.36. The summed E-state index contributed by atoms with van der Waals surface area (Å²) < 4.78 is 13.1. The molecule has 0 fully saturated rings. The van der Waals surface area contributed by atoms with E-state index < -0.39 is 0 Å². The van der Waals surface area contributed by atoms with E-state index in [1.807, 2.05) is 41.4 Å². The minimum atomic E-state index is -0.285. The molecule has 3 aromatic rings. The first kappa shape index (κ1) is 19.2. The zero-order valence-corrected chi connectivity index (χ0v) is 17.0. The predicted octanol–water partition coefficient (Wildman–Crippen LogP) is 4.80. The largest absolute Gasteiger partial charge is 0.497 e. The molecule has 6 nitrogen and oxygen atoms in total. The number of urea groups is 1. The molecular formula is C22H22ClN3O3. The van der Waals surface area contributed by atoms with Crippen molar-refractivity contribution in [3.8, 4) is 11.5 Å². The Labute approximate surface area is 174 Å². The summed E-state index contributed by atoms with van der Waals surface area (Å²) in [4.78, 5) is 15.0. The molecule has 2 amide bonds. The van der Waals surface area contributed by atoms with Crippen molar-refractivity contribution < 1.29 is 14.3 Å². The van der Waals surface area contributed by atoms with Crippen LogP contribution in [0.5, 0.6) is 11.5 Å². The van der Waals surface area contributed by atoms with Crippen LogP contribution in [0.1, 0.15) is 17.3 Å². The number of nitrogens with zero attached hydrogens (tertiary/aromatic N) is 2. The number of carbonyl (C=O) groups is 1. The molecule has 0 bridgehead atoms. The quantitative estimate of drug-likeness (QED) is 0.671. The van der Waals surface area contributed by atoms with E-state index in [4.69, 9.17) is 21.1 Å². The zero-order chi connectivity index (χ0) is 20.4. The number of aromatic nitrogens is 1. The van der Waals surface area contributed by atoms with Gasteiger partial charge in [-0.05, 0) is 48.5 Å². The maximum atomic E-state index is 13.2. The van der Waals surface area contributed by atoms with Gasteiger partial charge in [0.2, 0.25) is 0 Å². The molecule has 29 heavy (non-hydrogen) atoms. The van der Waals surface area contributed by atoms with Crippen LogP contribution < -0.4 is 14.8 Å². The molecule has 1 aromatic heterocycles. The lowest BCUT2D eigenvalue weighted by Gasteiger charge is -2.37. The van der Waals surface area contributed by atoms with E-state index >= 15 is 0 Å². The van der Waals surface area contributed by atoms with Gasteiger partial charge in [-0.1, -0.05) is 11.6 Å². The Morgan fingerprint density at radius 2 is 1.86 bits per heavy atom. The Morgan fingerprint density at radius 3 is 2.59 bits per heavy atom. The number of halogens is 1. The number of carbonyl (C=O) groups excluding carboxylic acids is 1. The summed E-state index contributed by atoms with van der Waals surface area (Å²) in [6.07, 6.45) is 2.03. The molecule has 150 valence electrons. The lowest BCUT2D eigenvalue weighted by Crippen LogP contribution is -2.44. The van der Waals surface area contributed by atoms with Crippen LogP contribution in [0, 0.1) is 0 Å². The number of fused-ring (bicyclic) bond motifs is 1. The van der Waals surface area contributed by atoms with E-state index in [1.165, 1.54) is 0 Å². The lowest BCUT2D eigenvalue weighted by atomic mass is 9.99. The minimum absolute atomic E-state index is 0.178. The van der Waals surface area contributed by atoms with Gasteiger partial charge in [0.25, 0.3) is 0 Å². The fourth-order valence-electron chi connectivity index (χ4n) is 3.70. The van der Waals surface area contributed by atoms with Crippen LogP contribution in [0.3, 0.4) is 0 Å². The second kappa shape index (κ2) is 8.09. The number of methoxy groups -OCH3 is 2. The van der Waals surface area contributed by atoms with Crippen molar-refractivity contribution >= 4 is 23.3 Å². The van der Waals surface area contributed by atoms with Crippen molar-refractivity contribution in [2.24, 2.45) is 0 Å². The van der Waals surface area contributed by atoms with Gasteiger partial charge < -0.3 is 24.3 Å². The smallest absolute Gasteiger partial charge is 0.322 e. The van der Waals surface area contributed by atoms with Gasteiger partial charge in [-0.2, -0.15) is 0 Å². The SMILES string of the molecule is COc1ccc([C@@H]2c3cccn3CCN2C(=O)Nc2ccc(Cl)cc2)c(OC)c1. The maximum absolute atomic E-state index is 13.2. The average Bonchev–Trinajstić information content (AvgIpc) is 3.23. The molecule has 2 heterocycles. The summed E-state index contributed by atoms with van der Waals surface area (Å²) in [5.41, 5.74) is 2.63. The number of hydrogen-bond donors (Lipinski definition) is 1. The van der Waals surface area contributed by atoms with Crippen molar-refractivity contribution in [3.05, 3.63) is 77.1 Å². The second-order valence-electron chi connectivity index (χ2n) is 6.77. The van der Waals surface area contributed by atoms with Crippen LogP contribution in [0.15, 0.2) is 60.8 Å². The van der Waals surface area contributed by atoms with Gasteiger partial charge in [0.15, 0.2) is 0 Å². The topological polar surface area (TPSA) is 55.7 Å². The molecule has 4 rings (SSSR count). The monoisotopic (exact) mass is 411 g/mol. The summed E-state index contributed by atoms with van der Waals surface area (Å²) in [6, 6.07) is 16.3. The minimum Gasteiger partial charge on any atom is -0.497 e. The lowest BCUT2D eigenvalue weighted by molar-refractivity contribution is 0.180. The first-order valence-electron chi connectivity index (χ1n) is 9.31. The highest BCUT2D eigenvalue weighted by Crippen LogP contribution is 2.39. The van der Waals surface area contributed by atoms with Gasteiger partial charge in [0, 0.05) is 47.3 Å². The average molecular weight is 412 g/mol. The standard InChI is InChI=1S/C22H22ClN3O3/c1-28-17-9-10-18(20(14-17)29-2)21-19-4-3-11-25(19)12-13-26(21)22(27)24-16-7-5-15(23)6-8-16/h3-11,14,21H,12-13H2,1-2H3,(H,24,27)/t21-/m1/s1. The van der Waals surface area contributed by atoms with Gasteiger partial charge in [0.1, 0.15) is 17.5 Å². The molecule has 0 spiro atoms. The summed E-state index contributed by atoms with van der Waals surface area (Å²) in [5.74, 6) is 1.38. The van der Waals surface area contributed by atoms with Gasteiger partial charge >= 0.3 is 6.03 Å². The molecule has 1 aliphatic rings. The van der Waals surface area contributed by atoms with Gasteiger partial charge in [0.05, 0.1) is 14.2 Å². The van der Waals surface area contributed by atoms with E-state index in [0.717, 1.165) is 17.8 Å². The van der Waals surface area contributed by atoms with E-state index in [-0.39, 0.29) is 12.1 Å². The molecule has 7 heteroatoms. The van der Waals surface area contributed by atoms with Crippen LogP contribution in [-0.2, 0) is 6.54 Å². The number of benzene rings is 2. The molecule has 0 saturated carbocycles. The number of hydrogen-bond acceptors (Lipinski definition) is 3. The number of ether oxygens (including phenoxy) is 2. The number of nitrogens with one attached hydrogen (secondary N) is 1. The van der Waals surface area contributed by atoms with Crippen LogP contribution in [0.4, 0.5) is 10.5 Å². The first-order chi connectivity index (χ1) is 14.1. The summed E-state index contributed by atoms with van der Waals surface area (Å²) in [5, 5.41) is 3.60. The van der Waals surface area contributed by atoms with E-state index in [2.05, 4.69) is 9.88 Å². The fourth-order valence-corrected chi connectivity index (χ4v) is 3.83. The Balaban J connectivity index is 1.71. The predicted molar refractivity (Wildman–Crippen MR) is 113 cm³/mol. The van der Waals surface area contributed by atoms with E-state index in [0.29, 0.717) is 28.8 Å². The van der Waals surface area contributed by atoms with Crippen LogP contribution in [0.2, 0.25) is 5.02 Å². The molecule has 0 saturated heterocycles. The molecule has 2 aromatic carbocycles. The highest BCUT2D eigenvalue weighted by molar-refractivity contribution is 6.30. The molecule has 1 N–H and O–H groups in total. The van der Waals surface area contributed by atoms with E-state index in [9.17, 15) is 4.79 Å². The third kappa shape index (κ3) is 3.76. The summed E-state index contributed by atoms with van der Waals surface area (Å²) >= 11 is 5.95. The highest BCUT2D eigenvalue weighted by atomic mass is 35.5. The third-order valence-electron chi connectivity index (χ3n) is 5.13. The van der Waals surface area contributed by atoms with Crippen molar-refractivity contribution in [1.29, 1.82) is 0 Å². The maximum Gasteiger partial charge on any atom is 0.322 e. The fraction of sp³-hybridized carbons (Fsp3) is 0.227. The molecule has 1 atom stereocenters. The van der Waals surface area contributed by atoms with Crippen molar-refractivity contribution in [2.45, 2.75) is 12.6 Å². The zero-order valence-electron chi connectivity index (χ0n) is 16.3. The van der Waals surface area contributed by atoms with Crippen molar-refractivity contribution in [3.63, 3.8) is 0 Å².